The van der Waals surface area contributed by atoms with Crippen LogP contribution >= 0.6 is 11.6 Å². The minimum absolute atomic E-state index is 0.0134. The Hall–Kier alpha value is -1.47. The Morgan fingerprint density at radius 2 is 2.11 bits per heavy atom. The SMILES string of the molecule is COc1c(Cl)cc(C(N)CC(=O)O)cc1C(F)(F)F. The number of carboxylic acid groups (broad SMARTS) is 1. The van der Waals surface area contributed by atoms with E-state index in [1.807, 2.05) is 0 Å². The molecule has 19 heavy (non-hydrogen) atoms. The predicted molar refractivity (Wildman–Crippen MR) is 62.2 cm³/mol. The maximum atomic E-state index is 12.8. The van der Waals surface area contributed by atoms with Gasteiger partial charge in [-0.25, -0.2) is 0 Å². The van der Waals surface area contributed by atoms with Gasteiger partial charge in [0.25, 0.3) is 0 Å². The Bertz CT molecular complexity index is 491. The van der Waals surface area contributed by atoms with Crippen LogP contribution in [0.5, 0.6) is 5.75 Å². The van der Waals surface area contributed by atoms with Gasteiger partial charge in [-0.1, -0.05) is 11.6 Å². The summed E-state index contributed by atoms with van der Waals surface area (Å²) in [5, 5.41) is 8.31. The summed E-state index contributed by atoms with van der Waals surface area (Å²) in [7, 11) is 1.06. The second-order valence-electron chi connectivity index (χ2n) is 3.79. The first-order chi connectivity index (χ1) is 8.66. The van der Waals surface area contributed by atoms with E-state index in [4.69, 9.17) is 22.4 Å². The fourth-order valence-corrected chi connectivity index (χ4v) is 1.86. The van der Waals surface area contributed by atoms with Crippen LogP contribution in [0.3, 0.4) is 0 Å². The van der Waals surface area contributed by atoms with Crippen molar-refractivity contribution in [3.05, 3.63) is 28.3 Å². The molecular formula is C11H11ClF3NO3. The second kappa shape index (κ2) is 5.66. The standard InChI is InChI=1S/C11H11ClF3NO3/c1-19-10-6(11(13,14)15)2-5(3-7(10)12)8(16)4-9(17)18/h2-3,8H,4,16H2,1H3,(H,17,18). The highest BCUT2D eigenvalue weighted by Crippen LogP contribution is 2.41. The van der Waals surface area contributed by atoms with E-state index in [0.29, 0.717) is 0 Å². The summed E-state index contributed by atoms with van der Waals surface area (Å²) < 4.78 is 43.1. The van der Waals surface area contributed by atoms with Gasteiger partial charge in [-0.2, -0.15) is 13.2 Å². The topological polar surface area (TPSA) is 72.5 Å². The molecule has 8 heteroatoms. The average Bonchev–Trinajstić information content (AvgIpc) is 2.25. The number of methoxy groups -OCH3 is 1. The van der Waals surface area contributed by atoms with Crippen LogP contribution in [-0.2, 0) is 11.0 Å². The van der Waals surface area contributed by atoms with Gasteiger partial charge in [0.15, 0.2) is 0 Å². The maximum absolute atomic E-state index is 12.8. The Morgan fingerprint density at radius 1 is 1.53 bits per heavy atom. The molecular weight excluding hydrogens is 287 g/mol. The van der Waals surface area contributed by atoms with Crippen molar-refractivity contribution in [2.45, 2.75) is 18.6 Å². The number of rotatable bonds is 4. The highest BCUT2D eigenvalue weighted by molar-refractivity contribution is 6.32. The Kier molecular flexibility index (Phi) is 4.65. The van der Waals surface area contributed by atoms with Gasteiger partial charge in [0.2, 0.25) is 0 Å². The zero-order valence-corrected chi connectivity index (χ0v) is 10.5. The fourth-order valence-electron chi connectivity index (χ4n) is 1.55. The molecule has 0 saturated heterocycles. The van der Waals surface area contributed by atoms with Gasteiger partial charge in [0.1, 0.15) is 5.75 Å². The molecule has 4 nitrogen and oxygen atoms in total. The fraction of sp³-hybridized carbons (Fsp3) is 0.364. The summed E-state index contributed by atoms with van der Waals surface area (Å²) in [5.74, 6) is -1.73. The largest absolute Gasteiger partial charge is 0.495 e. The quantitative estimate of drug-likeness (QED) is 0.896. The van der Waals surface area contributed by atoms with Crippen LogP contribution in [0.2, 0.25) is 5.02 Å². The van der Waals surface area contributed by atoms with Crippen LogP contribution in [0.4, 0.5) is 13.2 Å². The van der Waals surface area contributed by atoms with Crippen molar-refractivity contribution in [2.24, 2.45) is 5.73 Å². The van der Waals surface area contributed by atoms with Gasteiger partial charge in [0.05, 0.1) is 24.1 Å². The minimum Gasteiger partial charge on any atom is -0.495 e. The third-order valence-corrected chi connectivity index (χ3v) is 2.68. The molecule has 0 spiro atoms. The molecule has 1 aromatic rings. The normalized spacial score (nSPS) is 13.2. The Morgan fingerprint density at radius 3 is 2.53 bits per heavy atom. The number of hydrogen-bond acceptors (Lipinski definition) is 3. The zero-order chi connectivity index (χ0) is 14.8. The number of hydrogen-bond donors (Lipinski definition) is 2. The summed E-state index contributed by atoms with van der Waals surface area (Å²) in [5.41, 5.74) is 4.42. The van der Waals surface area contributed by atoms with Crippen LogP contribution in [0, 0.1) is 0 Å². The molecule has 106 valence electrons. The molecule has 1 atom stereocenters. The molecule has 1 rings (SSSR count). The Balaban J connectivity index is 3.31. The lowest BCUT2D eigenvalue weighted by Gasteiger charge is -2.17. The van der Waals surface area contributed by atoms with Gasteiger partial charge in [-0.3, -0.25) is 4.79 Å². The maximum Gasteiger partial charge on any atom is 0.420 e. The molecule has 0 aliphatic heterocycles. The average molecular weight is 298 g/mol. The van der Waals surface area contributed by atoms with Crippen molar-refractivity contribution < 1.29 is 27.8 Å². The monoisotopic (exact) mass is 297 g/mol. The second-order valence-corrected chi connectivity index (χ2v) is 4.19. The molecule has 0 radical (unpaired) electrons. The molecule has 0 saturated carbocycles. The smallest absolute Gasteiger partial charge is 0.420 e. The van der Waals surface area contributed by atoms with Crippen molar-refractivity contribution in [2.75, 3.05) is 7.11 Å². The summed E-state index contributed by atoms with van der Waals surface area (Å²) in [6.07, 6.45) is -5.17. The molecule has 0 aliphatic carbocycles. The van der Waals surface area contributed by atoms with Crippen molar-refractivity contribution >= 4 is 17.6 Å². The molecule has 0 amide bonds. The van der Waals surface area contributed by atoms with Crippen molar-refractivity contribution in [1.82, 2.24) is 0 Å². The van der Waals surface area contributed by atoms with Crippen LogP contribution in [0.15, 0.2) is 12.1 Å². The van der Waals surface area contributed by atoms with Gasteiger partial charge in [0, 0.05) is 6.04 Å². The molecule has 0 fully saturated rings. The van der Waals surface area contributed by atoms with E-state index in [1.54, 1.807) is 0 Å². The van der Waals surface area contributed by atoms with E-state index in [1.165, 1.54) is 6.07 Å². The van der Waals surface area contributed by atoms with Gasteiger partial charge >= 0.3 is 12.1 Å². The first kappa shape index (κ1) is 15.6. The van der Waals surface area contributed by atoms with Gasteiger partial charge in [-0.15, -0.1) is 0 Å². The van der Waals surface area contributed by atoms with Crippen LogP contribution in [0.1, 0.15) is 23.6 Å². The molecule has 3 N–H and O–H groups in total. The minimum atomic E-state index is -4.67. The van der Waals surface area contributed by atoms with Crippen molar-refractivity contribution in [3.63, 3.8) is 0 Å². The number of aliphatic carboxylic acids is 1. The molecule has 1 aromatic carbocycles. The third kappa shape index (κ3) is 3.74. The predicted octanol–water partition coefficient (Wildman–Crippen LogP) is 2.84. The van der Waals surface area contributed by atoms with Gasteiger partial charge in [-0.05, 0) is 17.7 Å². The molecule has 0 aliphatic rings. The van der Waals surface area contributed by atoms with E-state index in [9.17, 15) is 18.0 Å². The number of carboxylic acids is 1. The van der Waals surface area contributed by atoms with Crippen LogP contribution < -0.4 is 10.5 Å². The Labute approximate surface area is 111 Å². The number of ether oxygens (including phenoxy) is 1. The number of alkyl halides is 3. The van der Waals surface area contributed by atoms with E-state index in [-0.39, 0.29) is 10.6 Å². The first-order valence-corrected chi connectivity index (χ1v) is 5.46. The number of halogens is 4. The lowest BCUT2D eigenvalue weighted by Crippen LogP contribution is -2.17. The number of benzene rings is 1. The van der Waals surface area contributed by atoms with Crippen molar-refractivity contribution in [1.29, 1.82) is 0 Å². The molecule has 0 aromatic heterocycles. The summed E-state index contributed by atoms with van der Waals surface area (Å²) >= 11 is 5.69. The van der Waals surface area contributed by atoms with Gasteiger partial charge < -0.3 is 15.6 Å². The lowest BCUT2D eigenvalue weighted by atomic mass is 10.0. The summed E-state index contributed by atoms with van der Waals surface area (Å²) in [6.45, 7) is 0. The zero-order valence-electron chi connectivity index (χ0n) is 9.79. The van der Waals surface area contributed by atoms with E-state index in [0.717, 1.165) is 13.2 Å². The van der Waals surface area contributed by atoms with E-state index < -0.39 is 35.9 Å². The highest BCUT2D eigenvalue weighted by atomic mass is 35.5. The first-order valence-electron chi connectivity index (χ1n) is 5.08. The summed E-state index contributed by atoms with van der Waals surface area (Å²) in [6, 6.07) is 0.837. The van der Waals surface area contributed by atoms with Crippen molar-refractivity contribution in [3.8, 4) is 5.75 Å². The number of nitrogens with two attached hydrogens (primary N) is 1. The van der Waals surface area contributed by atoms with E-state index >= 15 is 0 Å². The third-order valence-electron chi connectivity index (χ3n) is 2.40. The highest BCUT2D eigenvalue weighted by Gasteiger charge is 2.36. The van der Waals surface area contributed by atoms with Crippen LogP contribution in [0.25, 0.3) is 0 Å². The van der Waals surface area contributed by atoms with Crippen LogP contribution in [-0.4, -0.2) is 18.2 Å². The molecule has 1 unspecified atom stereocenters. The number of carbonyl (C=O) groups is 1. The molecule has 0 bridgehead atoms. The van der Waals surface area contributed by atoms with E-state index in [2.05, 4.69) is 4.74 Å². The molecule has 0 heterocycles. The summed E-state index contributed by atoms with van der Waals surface area (Å²) in [4.78, 5) is 10.5. The lowest BCUT2D eigenvalue weighted by molar-refractivity contribution is -0.138.